The van der Waals surface area contributed by atoms with Crippen molar-refractivity contribution < 1.29 is 32.3 Å². The highest BCUT2D eigenvalue weighted by atomic mass is 19.4. The molecule has 2 heterocycles. The number of alkyl halides is 3. The number of carbonyl (C=O) groups is 3. The third-order valence-corrected chi connectivity index (χ3v) is 6.41. The number of hydrogen-bond acceptors (Lipinski definition) is 5. The van der Waals surface area contributed by atoms with Crippen LogP contribution in [0.3, 0.4) is 0 Å². The zero-order valence-electron chi connectivity index (χ0n) is 21.7. The van der Waals surface area contributed by atoms with Gasteiger partial charge in [0.25, 0.3) is 0 Å². The Kier molecular flexibility index (Phi) is 8.72. The van der Waals surface area contributed by atoms with Gasteiger partial charge in [0.1, 0.15) is 0 Å². The number of hydrogen-bond donors (Lipinski definition) is 2. The van der Waals surface area contributed by atoms with Gasteiger partial charge in [0.15, 0.2) is 0 Å². The molecule has 2 N–H and O–H groups in total. The van der Waals surface area contributed by atoms with Gasteiger partial charge in [-0.05, 0) is 39.3 Å². The molecule has 204 valence electrons. The maximum absolute atomic E-state index is 13.8. The highest BCUT2D eigenvalue weighted by Crippen LogP contribution is 2.39. The van der Waals surface area contributed by atoms with Crippen LogP contribution < -0.4 is 10.6 Å². The molecule has 9 nitrogen and oxygen atoms in total. The lowest BCUT2D eigenvalue weighted by Crippen LogP contribution is -2.58. The molecule has 4 amide bonds. The number of urea groups is 2. The summed E-state index contributed by atoms with van der Waals surface area (Å²) >= 11 is 0. The van der Waals surface area contributed by atoms with E-state index in [-0.39, 0.29) is 48.1 Å². The molecule has 0 unspecified atom stereocenters. The predicted octanol–water partition coefficient (Wildman–Crippen LogP) is 3.34. The van der Waals surface area contributed by atoms with Gasteiger partial charge in [-0.15, -0.1) is 0 Å². The van der Waals surface area contributed by atoms with Crippen molar-refractivity contribution in [2.45, 2.75) is 52.0 Å². The van der Waals surface area contributed by atoms with Crippen LogP contribution in [0, 0.1) is 0 Å². The van der Waals surface area contributed by atoms with Crippen molar-refractivity contribution in [2.24, 2.45) is 0 Å². The molecule has 0 bridgehead atoms. The molecule has 0 radical (unpaired) electrons. The fraction of sp³-hybridized carbons (Fsp3) is 0.560. The lowest BCUT2D eigenvalue weighted by Gasteiger charge is -2.42. The van der Waals surface area contributed by atoms with E-state index in [0.29, 0.717) is 19.6 Å². The molecular formula is C25H34F3N5O4. The van der Waals surface area contributed by atoms with Gasteiger partial charge < -0.3 is 20.3 Å². The average Bonchev–Trinajstić information content (AvgIpc) is 2.81. The Morgan fingerprint density at radius 3 is 2.49 bits per heavy atom. The number of ether oxygens (including phenoxy) is 1. The van der Waals surface area contributed by atoms with Crippen molar-refractivity contribution in [3.05, 3.63) is 46.7 Å². The monoisotopic (exact) mass is 525 g/mol. The lowest BCUT2D eigenvalue weighted by molar-refractivity contribution is -0.141. The number of nitrogens with zero attached hydrogens (tertiary/aromatic N) is 3. The number of esters is 1. The van der Waals surface area contributed by atoms with Crippen molar-refractivity contribution in [1.29, 1.82) is 0 Å². The number of piperazine rings is 1. The number of benzene rings is 1. The molecule has 2 atom stereocenters. The summed E-state index contributed by atoms with van der Waals surface area (Å²) in [4.78, 5) is 43.5. The molecule has 0 spiro atoms. The second kappa shape index (κ2) is 11.4. The van der Waals surface area contributed by atoms with Crippen LogP contribution in [0.25, 0.3) is 0 Å². The summed E-state index contributed by atoms with van der Waals surface area (Å²) < 4.78 is 46.8. The van der Waals surface area contributed by atoms with Crippen LogP contribution in [0.2, 0.25) is 0 Å². The van der Waals surface area contributed by atoms with E-state index < -0.39 is 29.8 Å². The maximum atomic E-state index is 13.8. The number of likely N-dealkylation sites (N-methyl/N-ethyl adjacent to an activating group) is 1. The Balaban J connectivity index is 1.99. The molecule has 0 aliphatic carbocycles. The topological polar surface area (TPSA) is 94.2 Å². The van der Waals surface area contributed by atoms with Crippen molar-refractivity contribution in [2.75, 3.05) is 39.8 Å². The largest absolute Gasteiger partial charge is 0.463 e. The Morgan fingerprint density at radius 1 is 1.22 bits per heavy atom. The number of carbonyl (C=O) groups excluding carboxylic acids is 3. The van der Waals surface area contributed by atoms with E-state index in [1.54, 1.807) is 11.8 Å². The number of halogens is 3. The smallest absolute Gasteiger partial charge is 0.416 e. The Morgan fingerprint density at radius 2 is 1.89 bits per heavy atom. The van der Waals surface area contributed by atoms with Crippen molar-refractivity contribution >= 4 is 18.0 Å². The Bertz CT molecular complexity index is 1060. The van der Waals surface area contributed by atoms with E-state index in [4.69, 9.17) is 4.74 Å². The van der Waals surface area contributed by atoms with Crippen LogP contribution in [0.1, 0.15) is 44.9 Å². The van der Waals surface area contributed by atoms with Crippen LogP contribution in [0.5, 0.6) is 0 Å². The summed E-state index contributed by atoms with van der Waals surface area (Å²) in [6, 6.07) is 2.54. The molecule has 1 saturated heterocycles. The third-order valence-electron chi connectivity index (χ3n) is 6.41. The van der Waals surface area contributed by atoms with Crippen molar-refractivity contribution in [3.8, 4) is 0 Å². The minimum absolute atomic E-state index is 0.0130. The van der Waals surface area contributed by atoms with Crippen molar-refractivity contribution in [1.82, 2.24) is 25.3 Å². The first-order chi connectivity index (χ1) is 17.3. The van der Waals surface area contributed by atoms with Crippen LogP contribution in [-0.4, -0.2) is 84.6 Å². The molecule has 0 saturated carbocycles. The Hall–Kier alpha value is -3.28. The minimum Gasteiger partial charge on any atom is -0.463 e. The molecule has 37 heavy (non-hydrogen) atoms. The zero-order valence-corrected chi connectivity index (χ0v) is 21.7. The van der Waals surface area contributed by atoms with Gasteiger partial charge in [0.05, 0.1) is 23.8 Å². The summed E-state index contributed by atoms with van der Waals surface area (Å²) in [5, 5.41) is 5.42. The second-order valence-electron chi connectivity index (χ2n) is 9.49. The van der Waals surface area contributed by atoms with Crippen LogP contribution in [0.15, 0.2) is 35.5 Å². The summed E-state index contributed by atoms with van der Waals surface area (Å²) in [5.74, 6) is -0.797. The lowest BCUT2D eigenvalue weighted by atomic mass is 9.90. The average molecular weight is 526 g/mol. The molecule has 12 heteroatoms. The quantitative estimate of drug-likeness (QED) is 0.556. The predicted molar refractivity (Wildman–Crippen MR) is 130 cm³/mol. The third kappa shape index (κ3) is 6.35. The molecule has 2 aliphatic heterocycles. The van der Waals surface area contributed by atoms with E-state index >= 15 is 0 Å². The summed E-state index contributed by atoms with van der Waals surface area (Å²) in [7, 11) is 1.46. The Labute approximate surface area is 214 Å². The molecule has 2 aliphatic rings. The zero-order chi connectivity index (χ0) is 27.5. The normalized spacial score (nSPS) is 21.3. The molecule has 1 aromatic carbocycles. The fourth-order valence-corrected chi connectivity index (χ4v) is 4.66. The number of amides is 4. The van der Waals surface area contributed by atoms with E-state index in [1.807, 2.05) is 25.7 Å². The second-order valence-corrected chi connectivity index (χ2v) is 9.49. The number of rotatable bonds is 6. The standard InChI is InChI=1S/C25H34F3N5O4/c1-6-37-22(34)20-19(14-32-11-12-33(16(4)13-32)24(36)29-15(2)3)31(5)23(35)30-21(20)17-9-7-8-10-18(17)25(26,27)28/h7-10,15-16,21H,6,11-14H2,1-5H3,(H,29,36)(H,30,35)/t16-,21+/m0/s1. The van der Waals surface area contributed by atoms with Gasteiger partial charge in [-0.2, -0.15) is 13.2 Å². The van der Waals surface area contributed by atoms with Gasteiger partial charge in [0.2, 0.25) is 0 Å². The van der Waals surface area contributed by atoms with Crippen LogP contribution >= 0.6 is 0 Å². The minimum atomic E-state index is -4.69. The highest BCUT2D eigenvalue weighted by molar-refractivity contribution is 5.95. The molecular weight excluding hydrogens is 491 g/mol. The first-order valence-corrected chi connectivity index (χ1v) is 12.2. The summed E-state index contributed by atoms with van der Waals surface area (Å²) in [5.41, 5.74) is -0.963. The maximum Gasteiger partial charge on any atom is 0.416 e. The van der Waals surface area contributed by atoms with Gasteiger partial charge >= 0.3 is 24.2 Å². The van der Waals surface area contributed by atoms with E-state index in [9.17, 15) is 27.6 Å². The van der Waals surface area contributed by atoms with E-state index in [0.717, 1.165) is 6.07 Å². The van der Waals surface area contributed by atoms with Gasteiger partial charge in [-0.3, -0.25) is 9.80 Å². The fourth-order valence-electron chi connectivity index (χ4n) is 4.66. The van der Waals surface area contributed by atoms with Gasteiger partial charge in [-0.25, -0.2) is 14.4 Å². The van der Waals surface area contributed by atoms with Crippen molar-refractivity contribution in [3.63, 3.8) is 0 Å². The summed E-state index contributed by atoms with van der Waals surface area (Å²) in [6.07, 6.45) is -4.69. The number of nitrogens with one attached hydrogen (secondary N) is 2. The van der Waals surface area contributed by atoms with Crippen LogP contribution in [0.4, 0.5) is 22.8 Å². The van der Waals surface area contributed by atoms with E-state index in [2.05, 4.69) is 10.6 Å². The molecule has 3 rings (SSSR count). The first kappa shape index (κ1) is 28.3. The molecule has 0 aromatic heterocycles. The highest BCUT2D eigenvalue weighted by Gasteiger charge is 2.42. The van der Waals surface area contributed by atoms with E-state index in [1.165, 1.54) is 30.1 Å². The van der Waals surface area contributed by atoms with Gasteiger partial charge in [0, 0.05) is 51.0 Å². The molecule has 1 fully saturated rings. The van der Waals surface area contributed by atoms with Crippen LogP contribution in [-0.2, 0) is 15.7 Å². The SMILES string of the molecule is CCOC(=O)C1=C(CN2CCN(C(=O)NC(C)C)[C@@H](C)C2)N(C)C(=O)N[C@@H]1c1ccccc1C(F)(F)F. The van der Waals surface area contributed by atoms with Gasteiger partial charge in [-0.1, -0.05) is 18.2 Å². The molecule has 1 aromatic rings. The first-order valence-electron chi connectivity index (χ1n) is 12.2. The summed E-state index contributed by atoms with van der Waals surface area (Å²) in [6.45, 7) is 8.70.